The van der Waals surface area contributed by atoms with E-state index >= 15 is 0 Å². The maximum absolute atomic E-state index is 13.8. The molecule has 1 aliphatic rings. The van der Waals surface area contributed by atoms with Gasteiger partial charge in [-0.15, -0.1) is 0 Å². The zero-order valence-corrected chi connectivity index (χ0v) is 13.4. The first kappa shape index (κ1) is 18.3. The third-order valence-electron chi connectivity index (χ3n) is 3.66. The predicted octanol–water partition coefficient (Wildman–Crippen LogP) is 0.914. The van der Waals surface area contributed by atoms with Gasteiger partial charge in [-0.3, -0.25) is 4.79 Å². The molecular weight excluding hydrogens is 321 g/mol. The molecule has 7 nitrogen and oxygen atoms in total. The normalized spacial score (nSPS) is 17.8. The summed E-state index contributed by atoms with van der Waals surface area (Å²) in [5, 5.41) is 9.20. The SMILES string of the molecule is COCCOCc1cc(C(=O)N2CCOCC2C(=O)O)ccc1F. The van der Waals surface area contributed by atoms with E-state index in [-0.39, 0.29) is 37.5 Å². The number of nitrogens with zero attached hydrogens (tertiary/aromatic N) is 1. The van der Waals surface area contributed by atoms with Gasteiger partial charge in [0.2, 0.25) is 0 Å². The quantitative estimate of drug-likeness (QED) is 0.742. The molecular formula is C16H20FNO6. The molecule has 0 aromatic heterocycles. The number of amides is 1. The number of rotatable bonds is 7. The molecule has 0 bridgehead atoms. The van der Waals surface area contributed by atoms with Gasteiger partial charge in [0.25, 0.3) is 5.91 Å². The van der Waals surface area contributed by atoms with Gasteiger partial charge in [0.05, 0.1) is 33.0 Å². The minimum Gasteiger partial charge on any atom is -0.480 e. The molecule has 0 aliphatic carbocycles. The molecule has 1 aromatic rings. The summed E-state index contributed by atoms with van der Waals surface area (Å²) in [5.41, 5.74) is 0.451. The van der Waals surface area contributed by atoms with Crippen LogP contribution in [0.4, 0.5) is 4.39 Å². The number of hydrogen-bond donors (Lipinski definition) is 1. The zero-order valence-electron chi connectivity index (χ0n) is 13.4. The van der Waals surface area contributed by atoms with Gasteiger partial charge < -0.3 is 24.2 Å². The Bertz CT molecular complexity index is 594. The van der Waals surface area contributed by atoms with Crippen LogP contribution >= 0.6 is 0 Å². The molecule has 1 aliphatic heterocycles. The molecule has 1 N–H and O–H groups in total. The van der Waals surface area contributed by atoms with Crippen LogP contribution < -0.4 is 0 Å². The van der Waals surface area contributed by atoms with Crippen molar-refractivity contribution < 1.29 is 33.3 Å². The second-order valence-electron chi connectivity index (χ2n) is 5.28. The van der Waals surface area contributed by atoms with Gasteiger partial charge in [0.15, 0.2) is 6.04 Å². The Morgan fingerprint density at radius 2 is 2.21 bits per heavy atom. The van der Waals surface area contributed by atoms with Crippen molar-refractivity contribution in [3.05, 3.63) is 35.1 Å². The molecule has 8 heteroatoms. The fraction of sp³-hybridized carbons (Fsp3) is 0.500. The van der Waals surface area contributed by atoms with Gasteiger partial charge in [-0.05, 0) is 18.2 Å². The molecule has 0 spiro atoms. The molecule has 0 saturated carbocycles. The zero-order chi connectivity index (χ0) is 17.5. The molecule has 132 valence electrons. The van der Waals surface area contributed by atoms with Crippen molar-refractivity contribution in [1.29, 1.82) is 0 Å². The van der Waals surface area contributed by atoms with Crippen LogP contribution in [0.1, 0.15) is 15.9 Å². The van der Waals surface area contributed by atoms with E-state index in [4.69, 9.17) is 14.2 Å². The summed E-state index contributed by atoms with van der Waals surface area (Å²) in [6.07, 6.45) is 0. The van der Waals surface area contributed by atoms with Gasteiger partial charge >= 0.3 is 5.97 Å². The Kier molecular flexibility index (Phi) is 6.65. The van der Waals surface area contributed by atoms with Crippen LogP contribution in [0.25, 0.3) is 0 Å². The van der Waals surface area contributed by atoms with Crippen molar-refractivity contribution in [3.8, 4) is 0 Å². The maximum Gasteiger partial charge on any atom is 0.328 e. The van der Waals surface area contributed by atoms with E-state index in [2.05, 4.69) is 0 Å². The highest BCUT2D eigenvalue weighted by atomic mass is 19.1. The van der Waals surface area contributed by atoms with Crippen molar-refractivity contribution in [3.63, 3.8) is 0 Å². The standard InChI is InChI=1S/C16H20FNO6/c1-22-6-7-24-9-12-8-11(2-3-13(12)17)15(19)18-4-5-23-10-14(18)16(20)21/h2-3,8,14H,4-7,9-10H2,1H3,(H,20,21). The summed E-state index contributed by atoms with van der Waals surface area (Å²) < 4.78 is 29.1. The number of halogens is 1. The second-order valence-corrected chi connectivity index (χ2v) is 5.28. The minimum absolute atomic E-state index is 0.00177. The topological polar surface area (TPSA) is 85.3 Å². The third kappa shape index (κ3) is 4.50. The fourth-order valence-electron chi connectivity index (χ4n) is 2.36. The number of carboxylic acid groups (broad SMARTS) is 1. The lowest BCUT2D eigenvalue weighted by Gasteiger charge is -2.33. The Labute approximate surface area is 138 Å². The maximum atomic E-state index is 13.8. The lowest BCUT2D eigenvalue weighted by Crippen LogP contribution is -2.52. The van der Waals surface area contributed by atoms with E-state index in [1.807, 2.05) is 0 Å². The van der Waals surface area contributed by atoms with E-state index < -0.39 is 23.7 Å². The van der Waals surface area contributed by atoms with E-state index in [1.54, 1.807) is 0 Å². The average molecular weight is 341 g/mol. The lowest BCUT2D eigenvalue weighted by molar-refractivity contribution is -0.147. The fourth-order valence-corrected chi connectivity index (χ4v) is 2.36. The highest BCUT2D eigenvalue weighted by Crippen LogP contribution is 2.17. The molecule has 1 saturated heterocycles. The summed E-state index contributed by atoms with van der Waals surface area (Å²) >= 11 is 0. The van der Waals surface area contributed by atoms with Crippen LogP contribution in [0.3, 0.4) is 0 Å². The molecule has 1 aromatic carbocycles. The van der Waals surface area contributed by atoms with Crippen molar-refractivity contribution in [2.45, 2.75) is 12.6 Å². The number of aliphatic carboxylic acids is 1. The van der Waals surface area contributed by atoms with Crippen LogP contribution in [0, 0.1) is 5.82 Å². The van der Waals surface area contributed by atoms with E-state index in [9.17, 15) is 19.1 Å². The van der Waals surface area contributed by atoms with Gasteiger partial charge in [0.1, 0.15) is 5.82 Å². The van der Waals surface area contributed by atoms with E-state index in [0.717, 1.165) is 0 Å². The summed E-state index contributed by atoms with van der Waals surface area (Å²) in [5.74, 6) is -2.09. The molecule has 24 heavy (non-hydrogen) atoms. The third-order valence-corrected chi connectivity index (χ3v) is 3.66. The number of methoxy groups -OCH3 is 1. The summed E-state index contributed by atoms with van der Waals surface area (Å²) in [6, 6.07) is 2.86. The molecule has 1 heterocycles. The number of carbonyl (C=O) groups excluding carboxylic acids is 1. The monoisotopic (exact) mass is 341 g/mol. The van der Waals surface area contributed by atoms with Crippen molar-refractivity contribution >= 4 is 11.9 Å². The van der Waals surface area contributed by atoms with Crippen molar-refractivity contribution in [2.75, 3.05) is 40.1 Å². The Hall–Kier alpha value is -2.03. The first-order valence-electron chi connectivity index (χ1n) is 7.51. The largest absolute Gasteiger partial charge is 0.480 e. The Balaban J connectivity index is 2.12. The number of benzene rings is 1. The highest BCUT2D eigenvalue weighted by molar-refractivity contribution is 5.97. The summed E-state index contributed by atoms with van der Waals surface area (Å²) in [4.78, 5) is 25.1. The smallest absolute Gasteiger partial charge is 0.328 e. The van der Waals surface area contributed by atoms with Crippen LogP contribution in [-0.4, -0.2) is 68.0 Å². The average Bonchev–Trinajstić information content (AvgIpc) is 2.59. The van der Waals surface area contributed by atoms with Crippen molar-refractivity contribution in [2.24, 2.45) is 0 Å². The minimum atomic E-state index is -1.13. The highest BCUT2D eigenvalue weighted by Gasteiger charge is 2.33. The number of ether oxygens (including phenoxy) is 3. The first-order valence-corrected chi connectivity index (χ1v) is 7.51. The molecule has 1 amide bonds. The number of carboxylic acids is 1. The van der Waals surface area contributed by atoms with Crippen LogP contribution in [-0.2, 0) is 25.6 Å². The lowest BCUT2D eigenvalue weighted by atomic mass is 10.1. The van der Waals surface area contributed by atoms with Crippen LogP contribution in [0.5, 0.6) is 0 Å². The van der Waals surface area contributed by atoms with Crippen LogP contribution in [0.2, 0.25) is 0 Å². The molecule has 1 fully saturated rings. The predicted molar refractivity (Wildman–Crippen MR) is 81.2 cm³/mol. The van der Waals surface area contributed by atoms with Crippen LogP contribution in [0.15, 0.2) is 18.2 Å². The van der Waals surface area contributed by atoms with Gasteiger partial charge in [-0.2, -0.15) is 0 Å². The number of morpholine rings is 1. The number of carbonyl (C=O) groups is 2. The van der Waals surface area contributed by atoms with Crippen molar-refractivity contribution in [1.82, 2.24) is 4.90 Å². The van der Waals surface area contributed by atoms with Gasteiger partial charge in [-0.1, -0.05) is 0 Å². The molecule has 1 unspecified atom stereocenters. The molecule has 1 atom stereocenters. The summed E-state index contributed by atoms with van der Waals surface area (Å²) in [7, 11) is 1.53. The first-order chi connectivity index (χ1) is 11.5. The van der Waals surface area contributed by atoms with E-state index in [1.165, 1.54) is 30.2 Å². The second kappa shape index (κ2) is 8.72. The van der Waals surface area contributed by atoms with E-state index in [0.29, 0.717) is 13.2 Å². The Morgan fingerprint density at radius 1 is 1.42 bits per heavy atom. The Morgan fingerprint density at radius 3 is 2.92 bits per heavy atom. The number of hydrogen-bond acceptors (Lipinski definition) is 5. The van der Waals surface area contributed by atoms with Gasteiger partial charge in [-0.25, -0.2) is 9.18 Å². The van der Waals surface area contributed by atoms with Gasteiger partial charge in [0, 0.05) is 24.8 Å². The summed E-state index contributed by atoms with van der Waals surface area (Å²) in [6.45, 7) is 1.07. The molecule has 0 radical (unpaired) electrons. The molecule has 2 rings (SSSR count).